The summed E-state index contributed by atoms with van der Waals surface area (Å²) in [6.45, 7) is 8.08. The second-order valence-electron chi connectivity index (χ2n) is 9.15. The van der Waals surface area contributed by atoms with E-state index < -0.39 is 0 Å². The summed E-state index contributed by atoms with van der Waals surface area (Å²) in [5.41, 5.74) is 6.96. The summed E-state index contributed by atoms with van der Waals surface area (Å²) in [5, 5.41) is 0. The van der Waals surface area contributed by atoms with Crippen molar-refractivity contribution in [3.05, 3.63) is 0 Å². The van der Waals surface area contributed by atoms with Gasteiger partial charge in [-0.2, -0.15) is 0 Å². The highest BCUT2D eigenvalue weighted by atomic mass is 35.5. The van der Waals surface area contributed by atoms with E-state index in [4.69, 9.17) is 5.73 Å². The van der Waals surface area contributed by atoms with Gasteiger partial charge in [0.25, 0.3) is 0 Å². The summed E-state index contributed by atoms with van der Waals surface area (Å²) in [7, 11) is 0. The van der Waals surface area contributed by atoms with Crippen molar-refractivity contribution in [1.29, 1.82) is 0 Å². The van der Waals surface area contributed by atoms with E-state index in [1.807, 2.05) is 0 Å². The maximum Gasteiger partial charge on any atom is 0.223 e. The molecule has 4 heteroatoms. The number of carbonyl (C=O) groups excluding carboxylic acids is 1. The molecule has 0 aromatic heterocycles. The quantitative estimate of drug-likeness (QED) is 0.839. The van der Waals surface area contributed by atoms with Gasteiger partial charge in [-0.15, -0.1) is 12.4 Å². The van der Waals surface area contributed by atoms with E-state index in [9.17, 15) is 4.79 Å². The van der Waals surface area contributed by atoms with Gasteiger partial charge in [-0.3, -0.25) is 4.79 Å². The van der Waals surface area contributed by atoms with Crippen LogP contribution in [0.5, 0.6) is 0 Å². The third-order valence-electron chi connectivity index (χ3n) is 6.14. The third kappa shape index (κ3) is 3.62. The van der Waals surface area contributed by atoms with Crippen LogP contribution in [0.3, 0.4) is 0 Å². The number of hydrogen-bond donors (Lipinski definition) is 1. The predicted molar refractivity (Wildman–Crippen MR) is 93.0 cm³/mol. The highest BCUT2D eigenvalue weighted by Gasteiger charge is 2.51. The molecule has 128 valence electrons. The van der Waals surface area contributed by atoms with Crippen LogP contribution in [0.4, 0.5) is 0 Å². The molecule has 0 spiro atoms. The Morgan fingerprint density at radius 2 is 1.86 bits per heavy atom. The molecule has 1 amide bonds. The van der Waals surface area contributed by atoms with E-state index in [2.05, 4.69) is 25.7 Å². The Labute approximate surface area is 141 Å². The molecule has 1 heterocycles. The van der Waals surface area contributed by atoms with Crippen molar-refractivity contribution in [3.63, 3.8) is 0 Å². The lowest BCUT2D eigenvalue weighted by atomic mass is 9.65. The normalized spacial score (nSPS) is 40.2. The second-order valence-corrected chi connectivity index (χ2v) is 9.15. The molecule has 0 aromatic rings. The monoisotopic (exact) mass is 328 g/mol. The Morgan fingerprint density at radius 1 is 1.18 bits per heavy atom. The third-order valence-corrected chi connectivity index (χ3v) is 6.14. The molecule has 3 aliphatic rings. The number of rotatable bonds is 2. The van der Waals surface area contributed by atoms with Gasteiger partial charge in [0, 0.05) is 25.0 Å². The van der Waals surface area contributed by atoms with Gasteiger partial charge in [-0.1, -0.05) is 33.6 Å². The molecule has 2 aliphatic carbocycles. The van der Waals surface area contributed by atoms with Gasteiger partial charge < -0.3 is 10.6 Å². The van der Waals surface area contributed by atoms with Crippen molar-refractivity contribution < 1.29 is 4.79 Å². The smallest absolute Gasteiger partial charge is 0.223 e. The molecule has 1 aliphatic heterocycles. The number of halogens is 1. The number of fused-ring (bicyclic) bond motifs is 2. The lowest BCUT2D eigenvalue weighted by molar-refractivity contribution is -0.133. The minimum atomic E-state index is 0. The SMILES string of the molecule is CC1(C)CC2CC(C)(CN2C(=O)CC2CCCCC2N)C1.Cl. The van der Waals surface area contributed by atoms with Crippen molar-refractivity contribution in [2.24, 2.45) is 22.5 Å². The lowest BCUT2D eigenvalue weighted by Crippen LogP contribution is -2.41. The van der Waals surface area contributed by atoms with E-state index in [0.29, 0.717) is 35.1 Å². The van der Waals surface area contributed by atoms with Crippen LogP contribution in [-0.4, -0.2) is 29.4 Å². The van der Waals surface area contributed by atoms with Gasteiger partial charge in [0.05, 0.1) is 0 Å². The largest absolute Gasteiger partial charge is 0.339 e. The molecular formula is C18H33ClN2O. The average molecular weight is 329 g/mol. The summed E-state index contributed by atoms with van der Waals surface area (Å²) in [6.07, 6.45) is 9.06. The molecule has 22 heavy (non-hydrogen) atoms. The maximum atomic E-state index is 12.8. The van der Waals surface area contributed by atoms with Gasteiger partial charge in [-0.05, 0) is 48.9 Å². The number of hydrogen-bond acceptors (Lipinski definition) is 2. The summed E-state index contributed by atoms with van der Waals surface area (Å²) < 4.78 is 0. The molecule has 2 bridgehead atoms. The first kappa shape index (κ1) is 18.1. The molecule has 3 fully saturated rings. The molecular weight excluding hydrogens is 296 g/mol. The summed E-state index contributed by atoms with van der Waals surface area (Å²) >= 11 is 0. The van der Waals surface area contributed by atoms with Gasteiger partial charge >= 0.3 is 0 Å². The zero-order chi connectivity index (χ0) is 15.3. The van der Waals surface area contributed by atoms with Crippen LogP contribution in [0.1, 0.15) is 72.1 Å². The van der Waals surface area contributed by atoms with E-state index >= 15 is 0 Å². The van der Waals surface area contributed by atoms with Crippen molar-refractivity contribution in [2.75, 3.05) is 6.54 Å². The molecule has 4 unspecified atom stereocenters. The van der Waals surface area contributed by atoms with E-state index in [-0.39, 0.29) is 18.4 Å². The van der Waals surface area contributed by atoms with Gasteiger partial charge in [0.1, 0.15) is 0 Å². The van der Waals surface area contributed by atoms with Gasteiger partial charge in [-0.25, -0.2) is 0 Å². The zero-order valence-corrected chi connectivity index (χ0v) is 15.3. The van der Waals surface area contributed by atoms with E-state index in [1.165, 1.54) is 32.1 Å². The molecule has 0 radical (unpaired) electrons. The Morgan fingerprint density at radius 3 is 2.55 bits per heavy atom. The van der Waals surface area contributed by atoms with Crippen molar-refractivity contribution >= 4 is 18.3 Å². The zero-order valence-electron chi connectivity index (χ0n) is 14.4. The van der Waals surface area contributed by atoms with Crippen molar-refractivity contribution in [2.45, 2.75) is 84.2 Å². The number of amides is 1. The molecule has 3 rings (SSSR count). The number of carbonyl (C=O) groups is 1. The minimum absolute atomic E-state index is 0. The molecule has 2 saturated carbocycles. The van der Waals surface area contributed by atoms with Crippen LogP contribution in [-0.2, 0) is 4.79 Å². The van der Waals surface area contributed by atoms with Crippen LogP contribution in [0.2, 0.25) is 0 Å². The Hall–Kier alpha value is -0.280. The van der Waals surface area contributed by atoms with Crippen LogP contribution in [0.25, 0.3) is 0 Å². The molecule has 4 atom stereocenters. The first-order valence-electron chi connectivity index (χ1n) is 8.83. The number of likely N-dealkylation sites (tertiary alicyclic amines) is 1. The van der Waals surface area contributed by atoms with Crippen LogP contribution in [0.15, 0.2) is 0 Å². The first-order valence-corrected chi connectivity index (χ1v) is 8.83. The van der Waals surface area contributed by atoms with E-state index in [0.717, 1.165) is 19.4 Å². The lowest BCUT2D eigenvalue weighted by Gasteiger charge is -2.39. The Balaban J connectivity index is 0.00000176. The van der Waals surface area contributed by atoms with Crippen LogP contribution in [0, 0.1) is 16.7 Å². The topological polar surface area (TPSA) is 46.3 Å². The van der Waals surface area contributed by atoms with Crippen molar-refractivity contribution in [1.82, 2.24) is 4.90 Å². The highest BCUT2D eigenvalue weighted by Crippen LogP contribution is 2.52. The first-order chi connectivity index (χ1) is 9.78. The second kappa shape index (κ2) is 6.32. The van der Waals surface area contributed by atoms with E-state index in [1.54, 1.807) is 0 Å². The van der Waals surface area contributed by atoms with Gasteiger partial charge in [0.15, 0.2) is 0 Å². The predicted octanol–water partition coefficient (Wildman–Crippen LogP) is 3.74. The number of nitrogens with zero attached hydrogens (tertiary/aromatic N) is 1. The van der Waals surface area contributed by atoms with Crippen LogP contribution >= 0.6 is 12.4 Å². The Bertz CT molecular complexity index is 425. The highest BCUT2D eigenvalue weighted by molar-refractivity contribution is 5.85. The summed E-state index contributed by atoms with van der Waals surface area (Å²) in [4.78, 5) is 15.0. The minimum Gasteiger partial charge on any atom is -0.339 e. The fraction of sp³-hybridized carbons (Fsp3) is 0.944. The maximum absolute atomic E-state index is 12.8. The average Bonchev–Trinajstić information content (AvgIpc) is 2.61. The summed E-state index contributed by atoms with van der Waals surface area (Å²) in [5.74, 6) is 0.802. The number of nitrogens with two attached hydrogens (primary N) is 1. The standard InChI is InChI=1S/C18H32N2O.ClH/c1-17(2)9-14-10-18(3,11-17)12-20(14)16(21)8-13-6-4-5-7-15(13)19;/h13-15H,4-12,19H2,1-3H3;1H. The van der Waals surface area contributed by atoms with Crippen LogP contribution < -0.4 is 5.73 Å². The summed E-state index contributed by atoms with van der Waals surface area (Å²) in [6, 6.07) is 0.725. The van der Waals surface area contributed by atoms with Crippen molar-refractivity contribution in [3.8, 4) is 0 Å². The molecule has 1 saturated heterocycles. The molecule has 3 nitrogen and oxygen atoms in total. The van der Waals surface area contributed by atoms with Gasteiger partial charge in [0.2, 0.25) is 5.91 Å². The molecule has 2 N–H and O–H groups in total. The fourth-order valence-corrected chi connectivity index (χ4v) is 5.58. The fourth-order valence-electron chi connectivity index (χ4n) is 5.58. The Kier molecular flexibility index (Phi) is 5.19. The molecule has 0 aromatic carbocycles.